The van der Waals surface area contributed by atoms with Crippen LogP contribution in [0, 0.1) is 0 Å². The summed E-state index contributed by atoms with van der Waals surface area (Å²) >= 11 is 5.73. The number of rotatable bonds is 2. The van der Waals surface area contributed by atoms with E-state index in [1.807, 2.05) is 0 Å². The first kappa shape index (κ1) is 11.1. The number of nitrogens with zero attached hydrogens (tertiary/aromatic N) is 1. The molecule has 0 fully saturated rings. The van der Waals surface area contributed by atoms with Gasteiger partial charge in [-0.15, -0.1) is 0 Å². The lowest BCUT2D eigenvalue weighted by atomic mass is 10.2. The van der Waals surface area contributed by atoms with Gasteiger partial charge >= 0.3 is 0 Å². The number of hydrogen-bond acceptors (Lipinski definition) is 3. The molecule has 0 saturated heterocycles. The van der Waals surface area contributed by atoms with Gasteiger partial charge in [0.25, 0.3) is 10.0 Å². The van der Waals surface area contributed by atoms with Gasteiger partial charge in [-0.05, 0) is 24.3 Å². The fourth-order valence-electron chi connectivity index (χ4n) is 1.21. The molecule has 84 valence electrons. The lowest BCUT2D eigenvalue weighted by Crippen LogP contribution is -2.12. The Morgan fingerprint density at radius 3 is 2.38 bits per heavy atom. The highest BCUT2D eigenvalue weighted by molar-refractivity contribution is 7.89. The monoisotopic (exact) mass is 257 g/mol. The third-order valence-corrected chi connectivity index (χ3v) is 3.01. The van der Waals surface area contributed by atoms with E-state index in [2.05, 4.69) is 9.97 Å². The summed E-state index contributed by atoms with van der Waals surface area (Å²) in [6.45, 7) is 0. The number of nitrogens with two attached hydrogens (primary N) is 1. The van der Waals surface area contributed by atoms with Gasteiger partial charge in [0.15, 0.2) is 5.03 Å². The van der Waals surface area contributed by atoms with Crippen molar-refractivity contribution in [2.75, 3.05) is 0 Å². The average Bonchev–Trinajstić information content (AvgIpc) is 2.67. The maximum absolute atomic E-state index is 11.0. The number of hydrogen-bond donors (Lipinski definition) is 2. The van der Waals surface area contributed by atoms with Gasteiger partial charge in [0.2, 0.25) is 0 Å². The smallest absolute Gasteiger partial charge is 0.257 e. The Kier molecular flexibility index (Phi) is 2.71. The molecule has 0 aliphatic rings. The summed E-state index contributed by atoms with van der Waals surface area (Å²) in [4.78, 5) is 6.60. The first-order valence-corrected chi connectivity index (χ1v) is 6.23. The highest BCUT2D eigenvalue weighted by Crippen LogP contribution is 2.19. The van der Waals surface area contributed by atoms with Gasteiger partial charge in [0.1, 0.15) is 5.82 Å². The molecule has 0 saturated carbocycles. The second-order valence-corrected chi connectivity index (χ2v) is 5.08. The predicted octanol–water partition coefficient (Wildman–Crippen LogP) is 1.38. The molecular weight excluding hydrogens is 250 g/mol. The van der Waals surface area contributed by atoms with E-state index in [0.717, 1.165) is 5.56 Å². The standard InChI is InChI=1S/C9H8ClN3O2S/c10-7-3-1-6(2-4-7)9-12-5-8(13-9)16(11,14)15/h1-5H,(H,12,13)(H2,11,14,15). The Labute approximate surface area is 97.3 Å². The average molecular weight is 258 g/mol. The molecule has 0 aliphatic carbocycles. The topological polar surface area (TPSA) is 88.8 Å². The molecule has 16 heavy (non-hydrogen) atoms. The Hall–Kier alpha value is -1.37. The molecule has 3 N–H and O–H groups in total. The summed E-state index contributed by atoms with van der Waals surface area (Å²) in [5, 5.41) is 5.36. The van der Waals surface area contributed by atoms with Crippen LogP contribution in [-0.4, -0.2) is 18.4 Å². The fourth-order valence-corrected chi connectivity index (χ4v) is 1.77. The molecule has 0 bridgehead atoms. The van der Waals surface area contributed by atoms with Crippen molar-refractivity contribution in [1.29, 1.82) is 0 Å². The van der Waals surface area contributed by atoms with Crippen LogP contribution in [0.15, 0.2) is 35.5 Å². The largest absolute Gasteiger partial charge is 0.343 e. The summed E-state index contributed by atoms with van der Waals surface area (Å²) < 4.78 is 22.0. The van der Waals surface area contributed by atoms with E-state index in [4.69, 9.17) is 16.7 Å². The molecule has 7 heteroatoms. The number of aromatic nitrogens is 2. The van der Waals surface area contributed by atoms with E-state index in [-0.39, 0.29) is 5.03 Å². The zero-order chi connectivity index (χ0) is 11.8. The van der Waals surface area contributed by atoms with Crippen molar-refractivity contribution >= 4 is 21.6 Å². The zero-order valence-corrected chi connectivity index (χ0v) is 9.59. The van der Waals surface area contributed by atoms with Crippen LogP contribution in [0.1, 0.15) is 0 Å². The van der Waals surface area contributed by atoms with Gasteiger partial charge in [-0.1, -0.05) is 11.6 Å². The first-order chi connectivity index (χ1) is 7.47. The molecule has 1 aromatic heterocycles. The number of primary sulfonamides is 1. The Balaban J connectivity index is 2.43. The lowest BCUT2D eigenvalue weighted by Gasteiger charge is -1.95. The summed E-state index contributed by atoms with van der Waals surface area (Å²) in [6, 6.07) is 6.84. The molecule has 0 spiro atoms. The molecule has 2 rings (SSSR count). The number of aromatic amines is 1. The molecule has 2 aromatic rings. The van der Waals surface area contributed by atoms with Crippen molar-refractivity contribution in [3.8, 4) is 11.4 Å². The van der Waals surface area contributed by atoms with E-state index in [1.54, 1.807) is 24.3 Å². The van der Waals surface area contributed by atoms with Gasteiger partial charge in [-0.3, -0.25) is 0 Å². The van der Waals surface area contributed by atoms with Gasteiger partial charge in [-0.25, -0.2) is 18.5 Å². The summed E-state index contributed by atoms with van der Waals surface area (Å²) in [7, 11) is -3.77. The van der Waals surface area contributed by atoms with Crippen LogP contribution in [0.5, 0.6) is 0 Å². The minimum Gasteiger partial charge on any atom is -0.343 e. The molecule has 0 aliphatic heterocycles. The Morgan fingerprint density at radius 1 is 1.25 bits per heavy atom. The molecule has 5 nitrogen and oxygen atoms in total. The molecular formula is C9H8ClN3O2S. The van der Waals surface area contributed by atoms with Crippen molar-refractivity contribution in [2.45, 2.75) is 5.03 Å². The van der Waals surface area contributed by atoms with Crippen LogP contribution >= 0.6 is 11.6 Å². The zero-order valence-electron chi connectivity index (χ0n) is 8.01. The lowest BCUT2D eigenvalue weighted by molar-refractivity contribution is 0.595. The highest BCUT2D eigenvalue weighted by Gasteiger charge is 2.12. The van der Waals surface area contributed by atoms with Gasteiger partial charge in [0, 0.05) is 16.8 Å². The molecule has 1 aromatic carbocycles. The maximum atomic E-state index is 11.0. The first-order valence-electron chi connectivity index (χ1n) is 4.31. The maximum Gasteiger partial charge on any atom is 0.257 e. The molecule has 0 atom stereocenters. The fraction of sp³-hybridized carbons (Fsp3) is 0. The SMILES string of the molecule is NS(=O)(=O)c1c[nH]c(-c2ccc(Cl)cc2)n1. The number of sulfonamides is 1. The predicted molar refractivity (Wildman–Crippen MR) is 60.4 cm³/mol. The van der Waals surface area contributed by atoms with Crippen molar-refractivity contribution in [3.63, 3.8) is 0 Å². The third kappa shape index (κ3) is 2.24. The van der Waals surface area contributed by atoms with E-state index < -0.39 is 10.0 Å². The number of nitrogens with one attached hydrogen (secondary N) is 1. The van der Waals surface area contributed by atoms with Crippen LogP contribution in [-0.2, 0) is 10.0 Å². The number of halogens is 1. The van der Waals surface area contributed by atoms with Crippen molar-refractivity contribution in [2.24, 2.45) is 5.14 Å². The van der Waals surface area contributed by atoms with Crippen molar-refractivity contribution in [1.82, 2.24) is 9.97 Å². The van der Waals surface area contributed by atoms with Crippen molar-refractivity contribution in [3.05, 3.63) is 35.5 Å². The molecule has 1 heterocycles. The summed E-state index contributed by atoms with van der Waals surface area (Å²) in [5.41, 5.74) is 0.735. The van der Waals surface area contributed by atoms with E-state index in [0.29, 0.717) is 10.8 Å². The molecule has 0 unspecified atom stereocenters. The van der Waals surface area contributed by atoms with Crippen LogP contribution < -0.4 is 5.14 Å². The van der Waals surface area contributed by atoms with E-state index >= 15 is 0 Å². The van der Waals surface area contributed by atoms with Crippen LogP contribution in [0.3, 0.4) is 0 Å². The highest BCUT2D eigenvalue weighted by atomic mass is 35.5. The molecule has 0 amide bonds. The second kappa shape index (κ2) is 3.89. The van der Waals surface area contributed by atoms with Crippen LogP contribution in [0.25, 0.3) is 11.4 Å². The van der Waals surface area contributed by atoms with Gasteiger partial charge < -0.3 is 4.98 Å². The Bertz CT molecular complexity index is 604. The van der Waals surface area contributed by atoms with Crippen LogP contribution in [0.4, 0.5) is 0 Å². The van der Waals surface area contributed by atoms with E-state index in [1.165, 1.54) is 6.20 Å². The second-order valence-electron chi connectivity index (χ2n) is 3.14. The third-order valence-electron chi connectivity index (χ3n) is 1.96. The van der Waals surface area contributed by atoms with Crippen LogP contribution in [0.2, 0.25) is 5.02 Å². The number of benzene rings is 1. The summed E-state index contributed by atoms with van der Waals surface area (Å²) in [5.74, 6) is 0.431. The normalized spacial score (nSPS) is 11.6. The molecule has 0 radical (unpaired) electrons. The number of imidazole rings is 1. The van der Waals surface area contributed by atoms with Gasteiger partial charge in [-0.2, -0.15) is 0 Å². The quantitative estimate of drug-likeness (QED) is 0.852. The Morgan fingerprint density at radius 2 is 1.88 bits per heavy atom. The van der Waals surface area contributed by atoms with E-state index in [9.17, 15) is 8.42 Å². The van der Waals surface area contributed by atoms with Crippen molar-refractivity contribution < 1.29 is 8.42 Å². The van der Waals surface area contributed by atoms with Gasteiger partial charge in [0.05, 0.1) is 0 Å². The minimum atomic E-state index is -3.77. The number of H-pyrrole nitrogens is 1. The minimum absolute atomic E-state index is 0.183. The summed E-state index contributed by atoms with van der Waals surface area (Å²) in [6.07, 6.45) is 1.25.